The first-order valence-corrected chi connectivity index (χ1v) is 41.4. The van der Waals surface area contributed by atoms with E-state index in [0.29, 0.717) is 0 Å². The first kappa shape index (κ1) is 74.8. The van der Waals surface area contributed by atoms with Crippen LogP contribution >= 0.6 is 0 Å². The van der Waals surface area contributed by atoms with Gasteiger partial charge in [0, 0.05) is 98.8 Å². The smallest absolute Gasteiger partial charge is 0.0570 e. The normalized spacial score (nSPS) is 11.2. The Bertz CT molecular complexity index is 7630. The molecule has 120 heavy (non-hydrogen) atoms. The van der Waals surface area contributed by atoms with Gasteiger partial charge in [-0.3, -0.25) is 0 Å². The van der Waals surface area contributed by atoms with Crippen LogP contribution in [-0.4, -0.2) is 27.4 Å². The molecule has 18 aromatic carbocycles. The van der Waals surface area contributed by atoms with Gasteiger partial charge in [0.2, 0.25) is 0 Å². The minimum Gasteiger partial charge on any atom is -0.309 e. The number of hydrogen-bond donors (Lipinski definition) is 0. The van der Waals surface area contributed by atoms with Crippen LogP contribution in [0.25, 0.3) is 165 Å². The number of nitrogens with zero attached hydrogens (tertiary/aromatic N) is 6. The second-order valence-electron chi connectivity index (χ2n) is 31.1. The maximum Gasteiger partial charge on any atom is 0.0570 e. The molecule has 0 radical (unpaired) electrons. The van der Waals surface area contributed by atoms with Gasteiger partial charge in [-0.05, 0) is 203 Å². The molecular weight excluding hydrogens is 1450 g/mol. The monoisotopic (exact) mass is 1540 g/mol. The number of fused-ring (bicyclic) bond motifs is 18. The number of aromatic nitrogens is 6. The number of hydrogen-bond acceptors (Lipinski definition) is 0. The Morgan fingerprint density at radius 1 is 0.142 bits per heavy atom. The molecule has 0 bridgehead atoms. The van der Waals surface area contributed by atoms with Gasteiger partial charge >= 0.3 is 0 Å². The molecule has 0 unspecified atom stereocenters. The quantitative estimate of drug-likeness (QED) is 0.159. The Labute approximate surface area is 699 Å². The lowest BCUT2D eigenvalue weighted by molar-refractivity contribution is 1.15. The maximum absolute atomic E-state index is 2.36. The van der Waals surface area contributed by atoms with Crippen molar-refractivity contribution in [1.82, 2.24) is 27.4 Å². The summed E-state index contributed by atoms with van der Waals surface area (Å²) >= 11 is 0. The van der Waals surface area contributed by atoms with E-state index in [1.165, 1.54) is 198 Å². The average molecular weight is 1540 g/mol. The third kappa shape index (κ3) is 14.0. The van der Waals surface area contributed by atoms with Gasteiger partial charge in [-0.1, -0.05) is 309 Å². The van der Waals surface area contributed by atoms with Crippen molar-refractivity contribution in [1.29, 1.82) is 0 Å². The highest BCUT2D eigenvalue weighted by Gasteiger charge is 2.19. The van der Waals surface area contributed by atoms with E-state index in [-0.39, 0.29) is 0 Å². The molecule has 0 N–H and O–H groups in total. The topological polar surface area (TPSA) is 29.6 Å². The van der Waals surface area contributed by atoms with Gasteiger partial charge in [-0.25, -0.2) is 0 Å². The lowest BCUT2D eigenvalue weighted by Gasteiger charge is -2.10. The molecule has 0 aliphatic carbocycles. The van der Waals surface area contributed by atoms with E-state index >= 15 is 0 Å². The summed E-state index contributed by atoms with van der Waals surface area (Å²) in [6, 6.07) is 155. The van der Waals surface area contributed by atoms with Crippen molar-refractivity contribution in [2.24, 2.45) is 0 Å². The van der Waals surface area contributed by atoms with Crippen LogP contribution in [0.5, 0.6) is 0 Å². The van der Waals surface area contributed by atoms with Gasteiger partial charge in [-0.15, -0.1) is 0 Å². The number of para-hydroxylation sites is 14. The molecule has 6 heterocycles. The summed E-state index contributed by atoms with van der Waals surface area (Å²) < 4.78 is 14.1. The second-order valence-corrected chi connectivity index (χ2v) is 31.1. The van der Waals surface area contributed by atoms with Crippen LogP contribution in [-0.2, 0) is 0 Å². The first-order chi connectivity index (χ1) is 59.1. The summed E-state index contributed by atoms with van der Waals surface area (Å²) in [5, 5.41) is 15.8. The van der Waals surface area contributed by atoms with Gasteiger partial charge in [0.05, 0.1) is 66.2 Å². The molecule has 6 aromatic heterocycles. The summed E-state index contributed by atoms with van der Waals surface area (Å²) in [6.45, 7) is 12.9. The zero-order chi connectivity index (χ0) is 81.2. The van der Waals surface area contributed by atoms with E-state index in [1.807, 2.05) is 0 Å². The van der Waals surface area contributed by atoms with E-state index < -0.39 is 0 Å². The summed E-state index contributed by atoms with van der Waals surface area (Å²) in [5.41, 5.74) is 30.4. The fraction of sp³-hybridized carbons (Fsp3) is 0.0526. The highest BCUT2D eigenvalue weighted by molar-refractivity contribution is 6.15. The second kappa shape index (κ2) is 32.8. The molecule has 0 aliphatic heterocycles. The van der Waals surface area contributed by atoms with Crippen molar-refractivity contribution in [3.8, 4) is 34.1 Å². The third-order valence-corrected chi connectivity index (χ3v) is 23.3. The third-order valence-electron chi connectivity index (χ3n) is 23.3. The molecule has 0 amide bonds. The summed E-state index contributed by atoms with van der Waals surface area (Å²) in [4.78, 5) is 0. The molecule has 6 heteroatoms. The molecule has 0 fully saturated rings. The summed E-state index contributed by atoms with van der Waals surface area (Å²) in [7, 11) is 0. The van der Waals surface area contributed by atoms with Crippen LogP contribution in [0.1, 0.15) is 33.4 Å². The van der Waals surface area contributed by atoms with Crippen LogP contribution in [0.15, 0.2) is 437 Å². The summed E-state index contributed by atoms with van der Waals surface area (Å²) in [5.74, 6) is 0. The van der Waals surface area contributed by atoms with Crippen molar-refractivity contribution in [3.05, 3.63) is 470 Å². The zero-order valence-corrected chi connectivity index (χ0v) is 68.3. The van der Waals surface area contributed by atoms with Gasteiger partial charge in [0.1, 0.15) is 0 Å². The standard InChI is InChI=1S/6C19H15N/c1-14-8-2-5-11-17(14)20-18-12-6-3-9-15(18)16-10-4-7-13-19(16)20;1-14-7-6-8-15(13-14)20-18-11-4-2-9-16(18)17-10-3-5-12-19(17)20;1-14-10-12-15(13-11-14)20-18-8-4-2-6-16(18)17-7-3-5-9-19(17)20;1-14-8-7-12-17-16-11-5-6-13-18(16)20(19(14)17)15-9-3-2-4-10-15;1-14-8-7-13-18-19(14)16-11-5-6-12-17(16)20(18)15-9-3-2-4-10-15;1-14-11-12-17-16-9-5-6-10-18(16)20(19(17)13-14)15-7-3-2-4-8-15/h6*2-13H,1H3. The lowest BCUT2D eigenvalue weighted by atomic mass is 10.1. The Morgan fingerprint density at radius 2 is 0.417 bits per heavy atom. The van der Waals surface area contributed by atoms with Gasteiger partial charge in [0.15, 0.2) is 0 Å². The van der Waals surface area contributed by atoms with E-state index in [1.54, 1.807) is 0 Å². The molecule has 0 aliphatic rings. The number of aryl methyl sites for hydroxylation is 6. The van der Waals surface area contributed by atoms with Crippen molar-refractivity contribution < 1.29 is 0 Å². The van der Waals surface area contributed by atoms with Gasteiger partial charge < -0.3 is 27.4 Å². The molecule has 0 saturated carbocycles. The first-order valence-electron chi connectivity index (χ1n) is 41.4. The van der Waals surface area contributed by atoms with Crippen LogP contribution in [0.3, 0.4) is 0 Å². The van der Waals surface area contributed by atoms with Crippen LogP contribution < -0.4 is 0 Å². The predicted octanol–water partition coefficient (Wildman–Crippen LogP) is 30.6. The largest absolute Gasteiger partial charge is 0.309 e. The lowest BCUT2D eigenvalue weighted by Crippen LogP contribution is -1.96. The molecule has 24 rings (SSSR count). The molecular formula is C114H90N6. The summed E-state index contributed by atoms with van der Waals surface area (Å²) in [6.07, 6.45) is 0. The van der Waals surface area contributed by atoms with Gasteiger partial charge in [0.25, 0.3) is 0 Å². The van der Waals surface area contributed by atoms with Crippen molar-refractivity contribution in [2.45, 2.75) is 41.5 Å². The van der Waals surface area contributed by atoms with Crippen LogP contribution in [0.2, 0.25) is 0 Å². The minimum atomic E-state index is 1.21. The molecule has 6 nitrogen and oxygen atoms in total. The maximum atomic E-state index is 2.36. The van der Waals surface area contributed by atoms with Crippen LogP contribution in [0.4, 0.5) is 0 Å². The highest BCUT2D eigenvalue weighted by atomic mass is 15.0. The Kier molecular flexibility index (Phi) is 20.5. The van der Waals surface area contributed by atoms with Crippen molar-refractivity contribution in [2.75, 3.05) is 0 Å². The number of rotatable bonds is 6. The average Bonchev–Trinajstić information content (AvgIpc) is 1.18. The van der Waals surface area contributed by atoms with E-state index in [9.17, 15) is 0 Å². The van der Waals surface area contributed by atoms with Crippen LogP contribution in [0, 0.1) is 41.5 Å². The Balaban J connectivity index is 0.0000000952. The molecule has 0 saturated heterocycles. The van der Waals surface area contributed by atoms with E-state index in [2.05, 4.69) is 506 Å². The highest BCUT2D eigenvalue weighted by Crippen LogP contribution is 2.40. The fourth-order valence-corrected chi connectivity index (χ4v) is 17.9. The Morgan fingerprint density at radius 3 is 0.875 bits per heavy atom. The number of benzene rings is 18. The molecule has 576 valence electrons. The van der Waals surface area contributed by atoms with E-state index in [0.717, 1.165) is 0 Å². The molecule has 24 aromatic rings. The predicted molar refractivity (Wildman–Crippen MR) is 513 cm³/mol. The fourth-order valence-electron chi connectivity index (χ4n) is 17.9. The molecule has 0 atom stereocenters. The van der Waals surface area contributed by atoms with Crippen molar-refractivity contribution in [3.63, 3.8) is 0 Å². The minimum absolute atomic E-state index is 1.21. The van der Waals surface area contributed by atoms with E-state index in [4.69, 9.17) is 0 Å². The zero-order valence-electron chi connectivity index (χ0n) is 68.3. The SMILES string of the molecule is Cc1ccc(-n2c3ccccc3c3ccccc32)cc1.Cc1ccc2c3ccccc3n(-c3ccccc3)c2c1.Cc1cccc(-n2c3ccccc3c3ccccc32)c1.Cc1cccc2c1c1ccccc1n2-c1ccccc1.Cc1cccc2c3ccccc3n(-c3ccccc3)c12.Cc1ccccc1-n1c2ccccc2c2ccccc21. The van der Waals surface area contributed by atoms with Crippen molar-refractivity contribution >= 4 is 131 Å². The van der Waals surface area contributed by atoms with Gasteiger partial charge in [-0.2, -0.15) is 0 Å². The molecule has 0 spiro atoms. The Hall–Kier alpha value is -15.2.